The summed E-state index contributed by atoms with van der Waals surface area (Å²) >= 11 is 5.62. The maximum absolute atomic E-state index is 13.4. The van der Waals surface area contributed by atoms with E-state index in [0.29, 0.717) is 5.56 Å². The third-order valence-electron chi connectivity index (χ3n) is 2.65. The van der Waals surface area contributed by atoms with Crippen molar-refractivity contribution in [3.8, 4) is 0 Å². The summed E-state index contributed by atoms with van der Waals surface area (Å²) in [5, 5.41) is 0.0221. The molecule has 0 saturated heterocycles. The topological polar surface area (TPSA) is 58.7 Å². The molecule has 0 fully saturated rings. The first kappa shape index (κ1) is 12.6. The van der Waals surface area contributed by atoms with Gasteiger partial charge in [-0.1, -0.05) is 23.7 Å². The van der Waals surface area contributed by atoms with Crippen molar-refractivity contribution in [3.63, 3.8) is 0 Å². The number of carbonyl (C=O) groups excluding carboxylic acids is 1. The summed E-state index contributed by atoms with van der Waals surface area (Å²) in [6, 6.07) is 3.28. The summed E-state index contributed by atoms with van der Waals surface area (Å²) in [7, 11) is 0. The number of carbonyl (C=O) groups is 1. The van der Waals surface area contributed by atoms with E-state index in [4.69, 9.17) is 17.3 Å². The number of amides is 2. The predicted octanol–water partition coefficient (Wildman–Crippen LogP) is 2.50. The first-order valence-corrected chi connectivity index (χ1v) is 5.63. The number of halogens is 2. The molecule has 6 heteroatoms. The number of nitrogens with zero attached hydrogens (tertiary/aromatic N) is 2. The summed E-state index contributed by atoms with van der Waals surface area (Å²) in [4.78, 5) is 16.7. The van der Waals surface area contributed by atoms with Crippen LogP contribution >= 0.6 is 11.6 Å². The maximum atomic E-state index is 13.4. The Morgan fingerprint density at radius 2 is 2.33 bits per heavy atom. The van der Waals surface area contributed by atoms with Crippen molar-refractivity contribution in [1.82, 2.24) is 4.90 Å². The first-order valence-electron chi connectivity index (χ1n) is 5.25. The number of hydrogen-bond donors (Lipinski definition) is 1. The number of hydrogen-bond acceptors (Lipinski definition) is 2. The molecule has 1 aromatic carbocycles. The Kier molecular flexibility index (Phi) is 3.34. The molecule has 0 radical (unpaired) electrons. The number of amidine groups is 1. The van der Waals surface area contributed by atoms with E-state index in [-0.39, 0.29) is 17.4 Å². The van der Waals surface area contributed by atoms with Crippen LogP contribution in [0, 0.1) is 5.82 Å². The summed E-state index contributed by atoms with van der Waals surface area (Å²) in [6.45, 7) is 3.85. The highest BCUT2D eigenvalue weighted by molar-refractivity contribution is 6.30. The largest absolute Gasteiger partial charge is 0.385 e. The first-order chi connectivity index (χ1) is 8.54. The second kappa shape index (κ2) is 4.78. The fourth-order valence-electron chi connectivity index (χ4n) is 1.86. The SMILES string of the molecule is C=CCN1C(=O)N=C(N)C1c1ccc(Cl)c(F)c1. The van der Waals surface area contributed by atoms with Crippen molar-refractivity contribution in [1.29, 1.82) is 0 Å². The fourth-order valence-corrected chi connectivity index (χ4v) is 1.98. The molecule has 0 aromatic heterocycles. The Morgan fingerprint density at radius 1 is 1.61 bits per heavy atom. The van der Waals surface area contributed by atoms with Crippen LogP contribution in [0.25, 0.3) is 0 Å². The molecule has 1 atom stereocenters. The Balaban J connectivity index is 2.40. The van der Waals surface area contributed by atoms with Gasteiger partial charge in [0.1, 0.15) is 17.7 Å². The van der Waals surface area contributed by atoms with E-state index in [9.17, 15) is 9.18 Å². The molecule has 2 amide bonds. The van der Waals surface area contributed by atoms with Gasteiger partial charge in [0, 0.05) is 6.54 Å². The van der Waals surface area contributed by atoms with Crippen LogP contribution in [-0.4, -0.2) is 23.3 Å². The standard InChI is InChI=1S/C12H11ClFN3O/c1-2-5-17-10(11(15)16-12(17)18)7-3-4-8(13)9(14)6-7/h2-4,6,10H,1,5H2,(H2,15,16,18). The minimum Gasteiger partial charge on any atom is -0.385 e. The molecule has 0 saturated carbocycles. The molecule has 0 bridgehead atoms. The lowest BCUT2D eigenvalue weighted by Gasteiger charge is -2.23. The number of benzene rings is 1. The summed E-state index contributed by atoms with van der Waals surface area (Å²) in [6.07, 6.45) is 1.56. The van der Waals surface area contributed by atoms with Gasteiger partial charge in [-0.2, -0.15) is 4.99 Å². The third-order valence-corrected chi connectivity index (χ3v) is 2.95. The van der Waals surface area contributed by atoms with Gasteiger partial charge in [0.15, 0.2) is 0 Å². The van der Waals surface area contributed by atoms with Crippen LogP contribution in [0.1, 0.15) is 11.6 Å². The molecule has 4 nitrogen and oxygen atoms in total. The summed E-state index contributed by atoms with van der Waals surface area (Å²) in [5.74, 6) is -0.413. The van der Waals surface area contributed by atoms with E-state index < -0.39 is 17.9 Å². The Labute approximate surface area is 109 Å². The number of urea groups is 1. The van der Waals surface area contributed by atoms with E-state index in [1.807, 2.05) is 0 Å². The molecule has 1 aliphatic rings. The van der Waals surface area contributed by atoms with Gasteiger partial charge in [0.2, 0.25) is 0 Å². The fraction of sp³-hybridized carbons (Fsp3) is 0.167. The average molecular weight is 268 g/mol. The predicted molar refractivity (Wildman–Crippen MR) is 68.1 cm³/mol. The lowest BCUT2D eigenvalue weighted by atomic mass is 10.1. The third kappa shape index (κ3) is 2.09. The molecule has 0 spiro atoms. The Morgan fingerprint density at radius 3 is 2.94 bits per heavy atom. The Bertz CT molecular complexity index is 544. The second-order valence-electron chi connectivity index (χ2n) is 3.84. The van der Waals surface area contributed by atoms with Crippen molar-refractivity contribution in [2.45, 2.75) is 6.04 Å². The maximum Gasteiger partial charge on any atom is 0.346 e. The van der Waals surface area contributed by atoms with E-state index >= 15 is 0 Å². The molecular formula is C12H11ClFN3O. The minimum atomic E-state index is -0.567. The molecule has 2 N–H and O–H groups in total. The monoisotopic (exact) mass is 267 g/mol. The van der Waals surface area contributed by atoms with Crippen LogP contribution in [0.2, 0.25) is 5.02 Å². The lowest BCUT2D eigenvalue weighted by Crippen LogP contribution is -2.33. The normalized spacial score (nSPS) is 19.0. The minimum absolute atomic E-state index is 0.0221. The Hall–Kier alpha value is -1.88. The van der Waals surface area contributed by atoms with E-state index in [1.165, 1.54) is 17.0 Å². The van der Waals surface area contributed by atoms with Gasteiger partial charge in [-0.15, -0.1) is 6.58 Å². The molecule has 1 unspecified atom stereocenters. The van der Waals surface area contributed by atoms with Crippen LogP contribution in [-0.2, 0) is 0 Å². The van der Waals surface area contributed by atoms with Gasteiger partial charge in [0.05, 0.1) is 5.02 Å². The van der Waals surface area contributed by atoms with Crippen molar-refractivity contribution < 1.29 is 9.18 Å². The van der Waals surface area contributed by atoms with Crippen molar-refractivity contribution in [3.05, 3.63) is 47.3 Å². The van der Waals surface area contributed by atoms with Crippen molar-refractivity contribution in [2.75, 3.05) is 6.54 Å². The zero-order valence-electron chi connectivity index (χ0n) is 9.44. The van der Waals surface area contributed by atoms with Gasteiger partial charge in [-0.25, -0.2) is 9.18 Å². The molecule has 1 heterocycles. The van der Waals surface area contributed by atoms with Crippen molar-refractivity contribution in [2.24, 2.45) is 10.7 Å². The highest BCUT2D eigenvalue weighted by Gasteiger charge is 2.33. The zero-order valence-corrected chi connectivity index (χ0v) is 10.2. The lowest BCUT2D eigenvalue weighted by molar-refractivity contribution is 0.212. The van der Waals surface area contributed by atoms with Crippen LogP contribution in [0.3, 0.4) is 0 Å². The van der Waals surface area contributed by atoms with Gasteiger partial charge in [-0.05, 0) is 17.7 Å². The van der Waals surface area contributed by atoms with Crippen molar-refractivity contribution >= 4 is 23.5 Å². The van der Waals surface area contributed by atoms with Crippen LogP contribution in [0.5, 0.6) is 0 Å². The van der Waals surface area contributed by atoms with Gasteiger partial charge in [0.25, 0.3) is 0 Å². The van der Waals surface area contributed by atoms with Gasteiger partial charge < -0.3 is 10.6 Å². The molecule has 94 valence electrons. The molecule has 18 heavy (non-hydrogen) atoms. The summed E-state index contributed by atoms with van der Waals surface area (Å²) in [5.41, 5.74) is 6.24. The zero-order chi connectivity index (χ0) is 13.3. The van der Waals surface area contributed by atoms with E-state index in [1.54, 1.807) is 12.1 Å². The molecule has 2 rings (SSSR count). The van der Waals surface area contributed by atoms with Crippen LogP contribution in [0.15, 0.2) is 35.8 Å². The second-order valence-corrected chi connectivity index (χ2v) is 4.24. The number of nitrogens with two attached hydrogens (primary N) is 1. The van der Waals surface area contributed by atoms with Gasteiger partial charge >= 0.3 is 6.03 Å². The van der Waals surface area contributed by atoms with Crippen LogP contribution < -0.4 is 5.73 Å². The molecule has 1 aromatic rings. The van der Waals surface area contributed by atoms with E-state index in [0.717, 1.165) is 0 Å². The average Bonchev–Trinajstić information content (AvgIpc) is 2.59. The summed E-state index contributed by atoms with van der Waals surface area (Å²) < 4.78 is 13.4. The number of aliphatic imine (C=N–C) groups is 1. The molecule has 0 aliphatic carbocycles. The quantitative estimate of drug-likeness (QED) is 0.856. The smallest absolute Gasteiger partial charge is 0.346 e. The highest BCUT2D eigenvalue weighted by Crippen LogP contribution is 2.28. The number of rotatable bonds is 3. The highest BCUT2D eigenvalue weighted by atomic mass is 35.5. The van der Waals surface area contributed by atoms with Crippen LogP contribution in [0.4, 0.5) is 9.18 Å². The molecular weight excluding hydrogens is 257 g/mol. The molecule has 1 aliphatic heterocycles. The van der Waals surface area contributed by atoms with E-state index in [2.05, 4.69) is 11.6 Å². The van der Waals surface area contributed by atoms with Gasteiger partial charge in [-0.3, -0.25) is 0 Å².